The Labute approximate surface area is 159 Å². The van der Waals surface area contributed by atoms with Gasteiger partial charge in [0.2, 0.25) is 0 Å². The van der Waals surface area contributed by atoms with Crippen LogP contribution in [0.25, 0.3) is 5.69 Å². The minimum absolute atomic E-state index is 0.141. The number of sulfonamides is 1. The molecule has 3 aromatic rings. The van der Waals surface area contributed by atoms with Gasteiger partial charge < -0.3 is 4.90 Å². The second-order valence-electron chi connectivity index (χ2n) is 5.93. The number of thiophene rings is 1. The Balaban J connectivity index is 1.46. The summed E-state index contributed by atoms with van der Waals surface area (Å²) in [4.78, 5) is 14.5. The number of amides is 1. The van der Waals surface area contributed by atoms with Crippen molar-refractivity contribution >= 4 is 27.3 Å². The Morgan fingerprint density at radius 1 is 1.07 bits per heavy atom. The standard InChI is InChI=1S/C16H16N6O3S2/c23-16(13-3-1-4-14(11-13)22-12-17-18-19-22)20-6-8-21(9-7-20)27(24,25)15-5-2-10-26-15/h1-5,10-12H,6-9H2. The van der Waals surface area contributed by atoms with Crippen molar-refractivity contribution in [2.75, 3.05) is 26.2 Å². The van der Waals surface area contributed by atoms with Gasteiger partial charge in [-0.1, -0.05) is 12.1 Å². The predicted molar refractivity (Wildman–Crippen MR) is 98.1 cm³/mol. The third-order valence-corrected chi connectivity index (χ3v) is 7.59. The second-order valence-corrected chi connectivity index (χ2v) is 9.05. The van der Waals surface area contributed by atoms with Crippen molar-refractivity contribution in [1.29, 1.82) is 0 Å². The smallest absolute Gasteiger partial charge is 0.254 e. The lowest BCUT2D eigenvalue weighted by Gasteiger charge is -2.33. The summed E-state index contributed by atoms with van der Waals surface area (Å²) in [6.07, 6.45) is 1.46. The highest BCUT2D eigenvalue weighted by atomic mass is 32.2. The molecular formula is C16H16N6O3S2. The number of benzene rings is 1. The molecule has 1 amide bonds. The molecule has 0 N–H and O–H groups in total. The zero-order valence-electron chi connectivity index (χ0n) is 14.2. The van der Waals surface area contributed by atoms with Crippen molar-refractivity contribution in [3.05, 3.63) is 53.7 Å². The molecule has 1 fully saturated rings. The van der Waals surface area contributed by atoms with E-state index in [1.807, 2.05) is 0 Å². The topological polar surface area (TPSA) is 101 Å². The number of carbonyl (C=O) groups is 1. The first kappa shape index (κ1) is 17.8. The maximum atomic E-state index is 12.8. The molecule has 4 rings (SSSR count). The van der Waals surface area contributed by atoms with Crippen molar-refractivity contribution in [2.24, 2.45) is 0 Å². The monoisotopic (exact) mass is 404 g/mol. The maximum absolute atomic E-state index is 12.8. The van der Waals surface area contributed by atoms with Crippen LogP contribution in [0.1, 0.15) is 10.4 Å². The molecule has 0 aliphatic carbocycles. The Morgan fingerprint density at radius 2 is 1.89 bits per heavy atom. The molecule has 27 heavy (non-hydrogen) atoms. The van der Waals surface area contributed by atoms with Gasteiger partial charge in [-0.25, -0.2) is 13.1 Å². The number of carbonyl (C=O) groups excluding carboxylic acids is 1. The van der Waals surface area contributed by atoms with Crippen molar-refractivity contribution in [3.63, 3.8) is 0 Å². The predicted octanol–water partition coefficient (Wildman–Crippen LogP) is 0.870. The van der Waals surface area contributed by atoms with Gasteiger partial charge in [0.1, 0.15) is 10.5 Å². The summed E-state index contributed by atoms with van der Waals surface area (Å²) in [6, 6.07) is 10.3. The fourth-order valence-corrected chi connectivity index (χ4v) is 5.48. The minimum atomic E-state index is -3.48. The number of rotatable bonds is 4. The molecule has 2 aromatic heterocycles. The van der Waals surface area contributed by atoms with Crippen LogP contribution in [0.15, 0.2) is 52.3 Å². The second kappa shape index (κ2) is 7.18. The summed E-state index contributed by atoms with van der Waals surface area (Å²) in [5, 5.41) is 12.7. The number of hydrogen-bond donors (Lipinski definition) is 0. The van der Waals surface area contributed by atoms with Crippen LogP contribution in [0.5, 0.6) is 0 Å². The minimum Gasteiger partial charge on any atom is -0.336 e. The molecule has 0 atom stereocenters. The summed E-state index contributed by atoms with van der Waals surface area (Å²) in [6.45, 7) is 1.24. The number of tetrazole rings is 1. The van der Waals surface area contributed by atoms with Gasteiger partial charge in [-0.15, -0.1) is 16.4 Å². The molecule has 1 aliphatic rings. The summed E-state index contributed by atoms with van der Waals surface area (Å²) in [5.74, 6) is -0.141. The maximum Gasteiger partial charge on any atom is 0.254 e. The largest absolute Gasteiger partial charge is 0.336 e. The zero-order chi connectivity index (χ0) is 18.9. The third-order valence-electron chi connectivity index (χ3n) is 4.32. The Bertz CT molecular complexity index is 1030. The fourth-order valence-electron chi connectivity index (χ4n) is 2.91. The molecule has 140 valence electrons. The number of hydrogen-bond acceptors (Lipinski definition) is 7. The Kier molecular flexibility index (Phi) is 4.72. The highest BCUT2D eigenvalue weighted by molar-refractivity contribution is 7.91. The summed E-state index contributed by atoms with van der Waals surface area (Å²) in [5.41, 5.74) is 1.20. The summed E-state index contributed by atoms with van der Waals surface area (Å²) in [7, 11) is -3.48. The van der Waals surface area contributed by atoms with E-state index >= 15 is 0 Å². The lowest BCUT2D eigenvalue weighted by atomic mass is 10.1. The van der Waals surface area contributed by atoms with Crippen LogP contribution in [-0.2, 0) is 10.0 Å². The van der Waals surface area contributed by atoms with E-state index in [1.165, 1.54) is 26.7 Å². The van der Waals surface area contributed by atoms with Gasteiger partial charge in [0, 0.05) is 31.7 Å². The van der Waals surface area contributed by atoms with Crippen molar-refractivity contribution in [2.45, 2.75) is 4.21 Å². The Hall–Kier alpha value is -2.63. The molecule has 0 unspecified atom stereocenters. The SMILES string of the molecule is O=C(c1cccc(-n2cnnn2)c1)N1CCN(S(=O)(=O)c2cccs2)CC1. The van der Waals surface area contributed by atoms with E-state index in [2.05, 4.69) is 15.5 Å². The average Bonchev–Trinajstić information content (AvgIpc) is 3.41. The van der Waals surface area contributed by atoms with Crippen molar-refractivity contribution in [1.82, 2.24) is 29.4 Å². The summed E-state index contributed by atoms with van der Waals surface area (Å²) >= 11 is 1.20. The number of aromatic nitrogens is 4. The molecule has 0 bridgehead atoms. The van der Waals surface area contributed by atoms with E-state index in [1.54, 1.807) is 46.7 Å². The van der Waals surface area contributed by atoms with E-state index in [0.717, 1.165) is 0 Å². The van der Waals surface area contributed by atoms with Gasteiger partial charge in [-0.2, -0.15) is 4.31 Å². The first-order valence-electron chi connectivity index (χ1n) is 8.22. The van der Waals surface area contributed by atoms with E-state index < -0.39 is 10.0 Å². The van der Waals surface area contributed by atoms with Crippen LogP contribution in [0, 0.1) is 0 Å². The van der Waals surface area contributed by atoms with Crippen LogP contribution in [0.2, 0.25) is 0 Å². The lowest BCUT2D eigenvalue weighted by molar-refractivity contribution is 0.0698. The molecule has 9 nitrogen and oxygen atoms in total. The quantitative estimate of drug-likeness (QED) is 0.640. The van der Waals surface area contributed by atoms with Crippen LogP contribution >= 0.6 is 11.3 Å². The molecule has 0 saturated carbocycles. The van der Waals surface area contributed by atoms with Gasteiger partial charge in [0.25, 0.3) is 15.9 Å². The van der Waals surface area contributed by atoms with Crippen LogP contribution in [0.4, 0.5) is 0 Å². The van der Waals surface area contributed by atoms with Gasteiger partial charge in [-0.3, -0.25) is 4.79 Å². The van der Waals surface area contributed by atoms with Gasteiger partial charge in [0.15, 0.2) is 0 Å². The Morgan fingerprint density at radius 3 is 2.56 bits per heavy atom. The first-order chi connectivity index (χ1) is 13.1. The van der Waals surface area contributed by atoms with Crippen LogP contribution < -0.4 is 0 Å². The molecular weight excluding hydrogens is 388 g/mol. The van der Waals surface area contributed by atoms with E-state index in [4.69, 9.17) is 0 Å². The van der Waals surface area contributed by atoms with Crippen molar-refractivity contribution < 1.29 is 13.2 Å². The van der Waals surface area contributed by atoms with E-state index in [-0.39, 0.29) is 19.0 Å². The highest BCUT2D eigenvalue weighted by Gasteiger charge is 2.31. The van der Waals surface area contributed by atoms with Crippen molar-refractivity contribution in [3.8, 4) is 5.69 Å². The molecule has 3 heterocycles. The lowest BCUT2D eigenvalue weighted by Crippen LogP contribution is -2.50. The third kappa shape index (κ3) is 3.48. The molecule has 0 spiro atoms. The van der Waals surface area contributed by atoms with E-state index in [9.17, 15) is 13.2 Å². The molecule has 1 saturated heterocycles. The van der Waals surface area contributed by atoms with Crippen LogP contribution in [-0.4, -0.2) is 69.9 Å². The number of piperazine rings is 1. The van der Waals surface area contributed by atoms with Gasteiger partial charge >= 0.3 is 0 Å². The number of nitrogens with zero attached hydrogens (tertiary/aromatic N) is 6. The summed E-state index contributed by atoms with van der Waals surface area (Å²) < 4.78 is 28.4. The zero-order valence-corrected chi connectivity index (χ0v) is 15.8. The first-order valence-corrected chi connectivity index (χ1v) is 10.5. The molecule has 0 radical (unpaired) electrons. The van der Waals surface area contributed by atoms with E-state index in [0.29, 0.717) is 28.5 Å². The van der Waals surface area contributed by atoms with Gasteiger partial charge in [0.05, 0.1) is 5.69 Å². The normalized spacial score (nSPS) is 15.8. The van der Waals surface area contributed by atoms with Crippen LogP contribution in [0.3, 0.4) is 0 Å². The molecule has 1 aromatic carbocycles. The highest BCUT2D eigenvalue weighted by Crippen LogP contribution is 2.22. The molecule has 11 heteroatoms. The molecule has 1 aliphatic heterocycles. The van der Waals surface area contributed by atoms with Gasteiger partial charge in [-0.05, 0) is 40.1 Å². The average molecular weight is 404 g/mol. The fraction of sp³-hybridized carbons (Fsp3) is 0.250.